The van der Waals surface area contributed by atoms with Crippen LogP contribution in [0.5, 0.6) is 5.75 Å². The van der Waals surface area contributed by atoms with Gasteiger partial charge in [0.15, 0.2) is 6.10 Å². The van der Waals surface area contributed by atoms with Crippen molar-refractivity contribution in [3.05, 3.63) is 64.6 Å². The molecule has 2 heterocycles. The molecule has 162 valence electrons. The number of amides is 1. The maximum atomic E-state index is 12.8. The highest BCUT2D eigenvalue weighted by Gasteiger charge is 2.25. The molecule has 1 aliphatic heterocycles. The molecule has 31 heavy (non-hydrogen) atoms. The second-order valence-electron chi connectivity index (χ2n) is 8.07. The summed E-state index contributed by atoms with van der Waals surface area (Å²) in [6.45, 7) is 10.2. The molecule has 0 bridgehead atoms. The zero-order valence-electron chi connectivity index (χ0n) is 18.4. The average molecular weight is 420 g/mol. The standard InChI is InChI=1S/C25H29N3O3/c1-4-27-11-13-28(14-12-27)25(30)18(3)31-19-9-10-21-22(15-19)24(29)26-16-23(21)20-8-6-5-7-17(20)2/h5-10,15-16,18H,4,11-14H2,1-3H3,(H,26,29)/t18-/m1/s1. The highest BCUT2D eigenvalue weighted by atomic mass is 16.5. The minimum absolute atomic E-state index is 0.0154. The molecular formula is C25H29N3O3. The Morgan fingerprint density at radius 3 is 2.52 bits per heavy atom. The summed E-state index contributed by atoms with van der Waals surface area (Å²) in [5, 5.41) is 1.41. The van der Waals surface area contributed by atoms with Crippen LogP contribution in [0.1, 0.15) is 19.4 Å². The molecule has 3 aromatic rings. The zero-order chi connectivity index (χ0) is 22.0. The first-order chi connectivity index (χ1) is 15.0. The number of H-pyrrole nitrogens is 1. The highest BCUT2D eigenvalue weighted by Crippen LogP contribution is 2.30. The predicted molar refractivity (Wildman–Crippen MR) is 124 cm³/mol. The largest absolute Gasteiger partial charge is 0.481 e. The number of aromatic nitrogens is 1. The van der Waals surface area contributed by atoms with Gasteiger partial charge in [-0.05, 0) is 55.1 Å². The normalized spacial score (nSPS) is 15.8. The molecule has 1 aromatic heterocycles. The summed E-state index contributed by atoms with van der Waals surface area (Å²) in [4.78, 5) is 32.4. The first kappa shape index (κ1) is 21.1. The average Bonchev–Trinajstić information content (AvgIpc) is 2.80. The molecule has 1 N–H and O–H groups in total. The maximum Gasteiger partial charge on any atom is 0.263 e. The summed E-state index contributed by atoms with van der Waals surface area (Å²) in [6.07, 6.45) is 1.15. The van der Waals surface area contributed by atoms with Crippen molar-refractivity contribution >= 4 is 16.7 Å². The van der Waals surface area contributed by atoms with E-state index in [1.54, 1.807) is 19.2 Å². The molecule has 1 amide bonds. The third-order valence-corrected chi connectivity index (χ3v) is 6.10. The molecule has 1 saturated heterocycles. The number of rotatable bonds is 5. The molecule has 1 atom stereocenters. The van der Waals surface area contributed by atoms with E-state index in [-0.39, 0.29) is 11.5 Å². The third-order valence-electron chi connectivity index (χ3n) is 6.10. The van der Waals surface area contributed by atoms with Crippen LogP contribution in [-0.4, -0.2) is 59.5 Å². The van der Waals surface area contributed by atoms with Crippen LogP contribution in [0.2, 0.25) is 0 Å². The molecule has 1 fully saturated rings. The number of ether oxygens (including phenoxy) is 1. The number of fused-ring (bicyclic) bond motifs is 1. The minimum atomic E-state index is -0.607. The number of benzene rings is 2. The Morgan fingerprint density at radius 2 is 1.81 bits per heavy atom. The lowest BCUT2D eigenvalue weighted by atomic mass is 9.97. The topological polar surface area (TPSA) is 65.6 Å². The van der Waals surface area contributed by atoms with Gasteiger partial charge >= 0.3 is 0 Å². The van der Waals surface area contributed by atoms with Crippen LogP contribution in [0.4, 0.5) is 0 Å². The number of nitrogens with zero attached hydrogens (tertiary/aromatic N) is 2. The van der Waals surface area contributed by atoms with Gasteiger partial charge in [0.05, 0.1) is 5.39 Å². The fourth-order valence-electron chi connectivity index (χ4n) is 4.21. The number of pyridine rings is 1. The molecule has 6 heteroatoms. The van der Waals surface area contributed by atoms with Crippen LogP contribution in [0, 0.1) is 6.92 Å². The summed E-state index contributed by atoms with van der Waals surface area (Å²) in [5.74, 6) is 0.506. The summed E-state index contributed by atoms with van der Waals surface area (Å²) in [7, 11) is 0. The van der Waals surface area contributed by atoms with Crippen LogP contribution < -0.4 is 10.3 Å². The van der Waals surface area contributed by atoms with Gasteiger partial charge in [-0.1, -0.05) is 31.2 Å². The van der Waals surface area contributed by atoms with Gasteiger partial charge in [0.25, 0.3) is 11.5 Å². The van der Waals surface area contributed by atoms with Gasteiger partial charge in [-0.3, -0.25) is 9.59 Å². The van der Waals surface area contributed by atoms with Crippen molar-refractivity contribution in [3.8, 4) is 16.9 Å². The second-order valence-corrected chi connectivity index (χ2v) is 8.07. The van der Waals surface area contributed by atoms with Gasteiger partial charge in [-0.15, -0.1) is 0 Å². The Balaban J connectivity index is 1.57. The van der Waals surface area contributed by atoms with Gasteiger partial charge in [0.1, 0.15) is 5.75 Å². The quantitative estimate of drug-likeness (QED) is 0.688. The molecule has 1 aliphatic rings. The molecule has 0 saturated carbocycles. The number of aryl methyl sites for hydroxylation is 1. The number of hydrogen-bond donors (Lipinski definition) is 1. The lowest BCUT2D eigenvalue weighted by Gasteiger charge is -2.35. The van der Waals surface area contributed by atoms with E-state index in [2.05, 4.69) is 29.8 Å². The van der Waals surface area contributed by atoms with Crippen LogP contribution in [-0.2, 0) is 4.79 Å². The van der Waals surface area contributed by atoms with Gasteiger partial charge in [0.2, 0.25) is 0 Å². The molecule has 0 unspecified atom stereocenters. The lowest BCUT2D eigenvalue weighted by molar-refractivity contribution is -0.139. The molecule has 4 rings (SSSR count). The zero-order valence-corrected chi connectivity index (χ0v) is 18.4. The monoisotopic (exact) mass is 419 g/mol. The Hall–Kier alpha value is -3.12. The third kappa shape index (κ3) is 4.35. The van der Waals surface area contributed by atoms with Crippen molar-refractivity contribution in [1.29, 1.82) is 0 Å². The molecule has 0 aliphatic carbocycles. The Morgan fingerprint density at radius 1 is 1.06 bits per heavy atom. The molecule has 0 spiro atoms. The first-order valence-electron chi connectivity index (χ1n) is 10.9. The Bertz CT molecular complexity index is 1150. The van der Waals surface area contributed by atoms with Gasteiger partial charge in [-0.25, -0.2) is 0 Å². The van der Waals surface area contributed by atoms with Crippen LogP contribution in [0.3, 0.4) is 0 Å². The summed E-state index contributed by atoms with van der Waals surface area (Å²) >= 11 is 0. The van der Waals surface area contributed by atoms with Gasteiger partial charge in [-0.2, -0.15) is 0 Å². The van der Waals surface area contributed by atoms with E-state index in [9.17, 15) is 9.59 Å². The van der Waals surface area contributed by atoms with Gasteiger partial charge in [0, 0.05) is 37.9 Å². The molecular weight excluding hydrogens is 390 g/mol. The van der Waals surface area contributed by atoms with Crippen molar-refractivity contribution in [3.63, 3.8) is 0 Å². The minimum Gasteiger partial charge on any atom is -0.481 e. The Kier molecular flexibility index (Phi) is 6.09. The number of hydrogen-bond acceptors (Lipinski definition) is 4. The van der Waals surface area contributed by atoms with Crippen molar-refractivity contribution in [2.75, 3.05) is 32.7 Å². The van der Waals surface area contributed by atoms with E-state index in [1.807, 2.05) is 35.2 Å². The highest BCUT2D eigenvalue weighted by molar-refractivity contribution is 5.97. The van der Waals surface area contributed by atoms with Crippen molar-refractivity contribution < 1.29 is 9.53 Å². The van der Waals surface area contributed by atoms with E-state index in [4.69, 9.17) is 4.74 Å². The summed E-state index contributed by atoms with van der Waals surface area (Å²) in [6, 6.07) is 13.6. The van der Waals surface area contributed by atoms with Crippen molar-refractivity contribution in [2.45, 2.75) is 26.9 Å². The van der Waals surface area contributed by atoms with Crippen molar-refractivity contribution in [2.24, 2.45) is 0 Å². The first-order valence-corrected chi connectivity index (χ1v) is 10.9. The summed E-state index contributed by atoms with van der Waals surface area (Å²) in [5.41, 5.74) is 3.01. The number of carbonyl (C=O) groups is 1. The molecule has 6 nitrogen and oxygen atoms in total. The van der Waals surface area contributed by atoms with Crippen molar-refractivity contribution in [1.82, 2.24) is 14.8 Å². The number of carbonyl (C=O) groups excluding carboxylic acids is 1. The fraction of sp³-hybridized carbons (Fsp3) is 0.360. The number of nitrogens with one attached hydrogen (secondary N) is 1. The summed E-state index contributed by atoms with van der Waals surface area (Å²) < 4.78 is 5.96. The van der Waals surface area contributed by atoms with Crippen LogP contribution >= 0.6 is 0 Å². The van der Waals surface area contributed by atoms with E-state index in [0.29, 0.717) is 11.1 Å². The second kappa shape index (κ2) is 8.94. The number of likely N-dealkylation sites (N-methyl/N-ethyl adjacent to an activating group) is 1. The van der Waals surface area contributed by atoms with E-state index < -0.39 is 6.10 Å². The van der Waals surface area contributed by atoms with E-state index in [0.717, 1.165) is 54.8 Å². The SMILES string of the molecule is CCN1CCN(C(=O)[C@@H](C)Oc2ccc3c(-c4ccccc4C)c[nH]c(=O)c3c2)CC1. The smallest absolute Gasteiger partial charge is 0.263 e. The molecule has 0 radical (unpaired) electrons. The maximum absolute atomic E-state index is 12.8. The van der Waals surface area contributed by atoms with Gasteiger partial charge < -0.3 is 19.5 Å². The van der Waals surface area contributed by atoms with E-state index in [1.165, 1.54) is 0 Å². The van der Waals surface area contributed by atoms with Crippen LogP contribution in [0.25, 0.3) is 21.9 Å². The number of aromatic amines is 1. The predicted octanol–water partition coefficient (Wildman–Crippen LogP) is 3.43. The fourth-order valence-corrected chi connectivity index (χ4v) is 4.21. The number of piperazine rings is 1. The molecule has 2 aromatic carbocycles. The Labute approximate surface area is 182 Å². The lowest BCUT2D eigenvalue weighted by Crippen LogP contribution is -2.51. The van der Waals surface area contributed by atoms with Crippen LogP contribution in [0.15, 0.2) is 53.5 Å². The van der Waals surface area contributed by atoms with E-state index >= 15 is 0 Å².